The summed E-state index contributed by atoms with van der Waals surface area (Å²) < 4.78 is 67.8. The summed E-state index contributed by atoms with van der Waals surface area (Å²) in [6.07, 6.45) is -8.42. The van der Waals surface area contributed by atoms with Crippen molar-refractivity contribution < 1.29 is 31.5 Å². The third-order valence-electron chi connectivity index (χ3n) is 2.28. The Hall–Kier alpha value is -2.17. The van der Waals surface area contributed by atoms with Gasteiger partial charge in [-0.3, -0.25) is 0 Å². The Kier molecular flexibility index (Phi) is 4.09. The minimum atomic E-state index is -5.01. The molecule has 0 aromatic heterocycles. The number of carbonyl (C=O) groups excluding carboxylic acids is 1. The molecule has 102 valence electrons. The Morgan fingerprint density at radius 1 is 1.37 bits per heavy atom. The molecule has 1 aromatic rings. The van der Waals surface area contributed by atoms with E-state index in [-0.39, 0.29) is 0 Å². The van der Waals surface area contributed by atoms with Gasteiger partial charge in [-0.1, -0.05) is 0 Å². The molecule has 0 aliphatic heterocycles. The molecule has 0 amide bonds. The average Bonchev–Trinajstić information content (AvgIpc) is 2.34. The van der Waals surface area contributed by atoms with Gasteiger partial charge in [-0.15, -0.1) is 0 Å². The molecule has 0 radical (unpaired) electrons. The predicted molar refractivity (Wildman–Crippen MR) is 52.5 cm³/mol. The molecule has 1 aromatic carbocycles. The number of ether oxygens (including phenoxy) is 1. The maximum atomic E-state index is 12.8. The van der Waals surface area contributed by atoms with Crippen LogP contribution in [0.25, 0.3) is 0 Å². The topological polar surface area (TPSA) is 50.1 Å². The first kappa shape index (κ1) is 14.9. The monoisotopic (exact) mass is 279 g/mol. The number of methoxy groups -OCH3 is 1. The molecule has 3 nitrogen and oxygen atoms in total. The first-order valence-corrected chi connectivity index (χ1v) is 4.74. The molecule has 0 saturated heterocycles. The van der Waals surface area contributed by atoms with Gasteiger partial charge in [-0.2, -0.15) is 18.4 Å². The summed E-state index contributed by atoms with van der Waals surface area (Å²) in [6.45, 7) is 0. The Labute approximate surface area is 104 Å². The van der Waals surface area contributed by atoms with E-state index >= 15 is 0 Å². The van der Waals surface area contributed by atoms with Gasteiger partial charge in [0.15, 0.2) is 0 Å². The molecule has 0 fully saturated rings. The number of alkyl halides is 5. The number of hydrogen-bond acceptors (Lipinski definition) is 3. The van der Waals surface area contributed by atoms with Gasteiger partial charge < -0.3 is 4.74 Å². The Balaban J connectivity index is 3.76. The summed E-state index contributed by atoms with van der Waals surface area (Å²) >= 11 is 0. The fraction of sp³-hybridized carbons (Fsp3) is 0.273. The average molecular weight is 279 g/mol. The zero-order valence-electron chi connectivity index (χ0n) is 9.39. The summed E-state index contributed by atoms with van der Waals surface area (Å²) in [7, 11) is 0.761. The zero-order chi connectivity index (χ0) is 14.8. The van der Waals surface area contributed by atoms with Crippen LogP contribution >= 0.6 is 0 Å². The first-order chi connectivity index (χ1) is 8.73. The maximum absolute atomic E-state index is 12.8. The van der Waals surface area contributed by atoms with Crippen LogP contribution in [0.2, 0.25) is 0 Å². The van der Waals surface area contributed by atoms with Gasteiger partial charge in [-0.25, -0.2) is 13.6 Å². The van der Waals surface area contributed by atoms with Crippen LogP contribution in [0.4, 0.5) is 22.0 Å². The van der Waals surface area contributed by atoms with Gasteiger partial charge in [0.05, 0.1) is 35.4 Å². The number of carbonyl (C=O) groups is 1. The molecular weight excluding hydrogens is 273 g/mol. The van der Waals surface area contributed by atoms with E-state index in [0.717, 1.165) is 7.11 Å². The molecule has 8 heteroatoms. The van der Waals surface area contributed by atoms with E-state index in [1.54, 1.807) is 0 Å². The van der Waals surface area contributed by atoms with Crippen LogP contribution in [0, 0.1) is 11.3 Å². The third kappa shape index (κ3) is 2.81. The number of esters is 1. The second-order valence-corrected chi connectivity index (χ2v) is 3.35. The number of benzene rings is 1. The lowest BCUT2D eigenvalue weighted by atomic mass is 9.96. The number of nitrogens with zero attached hydrogens (tertiary/aromatic N) is 1. The molecule has 0 bridgehead atoms. The number of nitriles is 1. The van der Waals surface area contributed by atoms with E-state index < -0.39 is 40.8 Å². The summed E-state index contributed by atoms with van der Waals surface area (Å²) in [5.41, 5.74) is -4.87. The molecular formula is C11H6F5NO2. The standard InChI is InChI=1S/C11H6F5NO2/c1-19-10(18)8-6(11(14,15)16)3-2-5(4-17)7(8)9(12)13/h2-3,9H,1H3. The van der Waals surface area contributed by atoms with Crippen LogP contribution in [-0.2, 0) is 10.9 Å². The molecule has 0 aliphatic rings. The van der Waals surface area contributed by atoms with Crippen molar-refractivity contribution in [2.45, 2.75) is 12.6 Å². The van der Waals surface area contributed by atoms with Crippen LogP contribution in [-0.4, -0.2) is 13.1 Å². The fourth-order valence-electron chi connectivity index (χ4n) is 1.50. The first-order valence-electron chi connectivity index (χ1n) is 4.74. The van der Waals surface area contributed by atoms with E-state index in [4.69, 9.17) is 5.26 Å². The van der Waals surface area contributed by atoms with Crippen molar-refractivity contribution >= 4 is 5.97 Å². The second kappa shape index (κ2) is 5.22. The fourth-order valence-corrected chi connectivity index (χ4v) is 1.50. The maximum Gasteiger partial charge on any atom is 0.417 e. The predicted octanol–water partition coefficient (Wildman–Crippen LogP) is 3.30. The van der Waals surface area contributed by atoms with Gasteiger partial charge in [0.2, 0.25) is 0 Å². The smallest absolute Gasteiger partial charge is 0.417 e. The zero-order valence-corrected chi connectivity index (χ0v) is 9.39. The Bertz CT molecular complexity index is 545. The summed E-state index contributed by atoms with van der Waals surface area (Å²) in [5, 5.41) is 8.62. The summed E-state index contributed by atoms with van der Waals surface area (Å²) in [4.78, 5) is 11.3. The Morgan fingerprint density at radius 3 is 2.32 bits per heavy atom. The van der Waals surface area contributed by atoms with E-state index in [1.807, 2.05) is 0 Å². The number of hydrogen-bond donors (Lipinski definition) is 0. The van der Waals surface area contributed by atoms with Crippen molar-refractivity contribution in [2.75, 3.05) is 7.11 Å². The summed E-state index contributed by atoms with van der Waals surface area (Å²) in [5.74, 6) is -1.57. The van der Waals surface area contributed by atoms with Crippen molar-refractivity contribution in [1.29, 1.82) is 5.26 Å². The van der Waals surface area contributed by atoms with Gasteiger partial charge in [-0.05, 0) is 12.1 Å². The largest absolute Gasteiger partial charge is 0.465 e. The van der Waals surface area contributed by atoms with Crippen molar-refractivity contribution in [3.8, 4) is 6.07 Å². The molecule has 0 N–H and O–H groups in total. The van der Waals surface area contributed by atoms with Crippen LogP contribution in [0.3, 0.4) is 0 Å². The lowest BCUT2D eigenvalue weighted by molar-refractivity contribution is -0.138. The Morgan fingerprint density at radius 2 is 1.95 bits per heavy atom. The van der Waals surface area contributed by atoms with Crippen molar-refractivity contribution in [1.82, 2.24) is 0 Å². The normalized spacial score (nSPS) is 11.3. The SMILES string of the molecule is COC(=O)c1c(C(F)(F)F)ccc(C#N)c1C(F)F. The second-order valence-electron chi connectivity index (χ2n) is 3.35. The lowest BCUT2D eigenvalue weighted by Crippen LogP contribution is -2.18. The number of rotatable bonds is 2. The van der Waals surface area contributed by atoms with Crippen molar-refractivity contribution in [3.05, 3.63) is 34.4 Å². The van der Waals surface area contributed by atoms with Crippen LogP contribution in [0.1, 0.15) is 33.5 Å². The molecule has 0 saturated carbocycles. The van der Waals surface area contributed by atoms with Crippen molar-refractivity contribution in [2.24, 2.45) is 0 Å². The summed E-state index contributed by atoms with van der Waals surface area (Å²) in [6, 6.07) is 2.31. The van der Waals surface area contributed by atoms with Crippen molar-refractivity contribution in [3.63, 3.8) is 0 Å². The quantitative estimate of drug-likeness (QED) is 0.616. The molecule has 0 heterocycles. The molecule has 19 heavy (non-hydrogen) atoms. The van der Waals surface area contributed by atoms with Crippen LogP contribution in [0.5, 0.6) is 0 Å². The minimum absolute atomic E-state index is 0.399. The highest BCUT2D eigenvalue weighted by Crippen LogP contribution is 2.38. The molecule has 1 rings (SSSR count). The molecule has 0 atom stereocenters. The highest BCUT2D eigenvalue weighted by Gasteiger charge is 2.39. The van der Waals surface area contributed by atoms with Gasteiger partial charge in [0, 0.05) is 0 Å². The van der Waals surface area contributed by atoms with E-state index in [0.29, 0.717) is 12.1 Å². The van der Waals surface area contributed by atoms with E-state index in [1.165, 1.54) is 6.07 Å². The molecule has 0 aliphatic carbocycles. The molecule has 0 unspecified atom stereocenters. The van der Waals surface area contributed by atoms with E-state index in [9.17, 15) is 26.7 Å². The van der Waals surface area contributed by atoms with Gasteiger partial charge >= 0.3 is 12.1 Å². The third-order valence-corrected chi connectivity index (χ3v) is 2.28. The van der Waals surface area contributed by atoms with E-state index in [2.05, 4.69) is 4.74 Å². The number of halogens is 5. The van der Waals surface area contributed by atoms with Gasteiger partial charge in [0.1, 0.15) is 0 Å². The lowest BCUT2D eigenvalue weighted by Gasteiger charge is -2.16. The molecule has 0 spiro atoms. The van der Waals surface area contributed by atoms with Crippen LogP contribution < -0.4 is 0 Å². The van der Waals surface area contributed by atoms with Gasteiger partial charge in [0.25, 0.3) is 6.43 Å². The minimum Gasteiger partial charge on any atom is -0.465 e. The van der Waals surface area contributed by atoms with Crippen LogP contribution in [0.15, 0.2) is 12.1 Å². The highest BCUT2D eigenvalue weighted by molar-refractivity contribution is 5.94. The highest BCUT2D eigenvalue weighted by atomic mass is 19.4.